The lowest BCUT2D eigenvalue weighted by atomic mass is 10.1. The smallest absolute Gasteiger partial charge is 0.246 e. The van der Waals surface area contributed by atoms with E-state index < -0.39 is 10.0 Å². The van der Waals surface area contributed by atoms with Gasteiger partial charge in [-0.2, -0.15) is 4.31 Å². The number of hydrogen-bond acceptors (Lipinski definition) is 3. The summed E-state index contributed by atoms with van der Waals surface area (Å²) >= 11 is 5.83. The molecule has 0 aromatic heterocycles. The molecular formula is C15H22ClNO3S. The van der Waals surface area contributed by atoms with Gasteiger partial charge in [0.2, 0.25) is 10.0 Å². The Morgan fingerprint density at radius 3 is 2.33 bits per heavy atom. The lowest BCUT2D eigenvalue weighted by molar-refractivity contribution is 0.358. The van der Waals surface area contributed by atoms with Gasteiger partial charge in [-0.05, 0) is 30.5 Å². The molecule has 0 aliphatic carbocycles. The summed E-state index contributed by atoms with van der Waals surface area (Å²) in [6, 6.07) is 5.09. The number of sulfonamides is 1. The molecule has 0 radical (unpaired) electrons. The normalized spacial score (nSPS) is 18.0. The maximum atomic E-state index is 12.9. The van der Waals surface area contributed by atoms with E-state index in [0.717, 1.165) is 31.2 Å². The minimum atomic E-state index is -3.53. The quantitative estimate of drug-likeness (QED) is 0.794. The van der Waals surface area contributed by atoms with Crippen molar-refractivity contribution >= 4 is 21.6 Å². The number of benzene rings is 1. The van der Waals surface area contributed by atoms with Crippen molar-refractivity contribution in [3.8, 4) is 5.75 Å². The van der Waals surface area contributed by atoms with Crippen molar-refractivity contribution in [2.45, 2.75) is 42.9 Å². The van der Waals surface area contributed by atoms with Gasteiger partial charge in [0.05, 0.1) is 7.11 Å². The molecule has 1 aliphatic heterocycles. The molecular weight excluding hydrogens is 310 g/mol. The predicted octanol–water partition coefficient (Wildman–Crippen LogP) is 3.39. The lowest BCUT2D eigenvalue weighted by Crippen LogP contribution is -2.34. The molecule has 2 rings (SSSR count). The van der Waals surface area contributed by atoms with Crippen molar-refractivity contribution in [1.82, 2.24) is 4.31 Å². The van der Waals surface area contributed by atoms with Crippen LogP contribution in [0, 0.1) is 0 Å². The van der Waals surface area contributed by atoms with Crippen molar-refractivity contribution in [2.24, 2.45) is 0 Å². The maximum absolute atomic E-state index is 12.9. The van der Waals surface area contributed by atoms with Crippen LogP contribution in [0.15, 0.2) is 23.1 Å². The second-order valence-electron chi connectivity index (χ2n) is 5.29. The van der Waals surface area contributed by atoms with Crippen LogP contribution in [-0.4, -0.2) is 32.9 Å². The van der Waals surface area contributed by atoms with Gasteiger partial charge in [0, 0.05) is 19.0 Å². The summed E-state index contributed by atoms with van der Waals surface area (Å²) < 4.78 is 32.6. The first-order chi connectivity index (χ1) is 10.1. The maximum Gasteiger partial charge on any atom is 0.246 e. The molecule has 6 heteroatoms. The molecule has 0 N–H and O–H groups in total. The highest BCUT2D eigenvalue weighted by Crippen LogP contribution is 2.29. The molecule has 21 heavy (non-hydrogen) atoms. The average Bonchev–Trinajstić information content (AvgIpc) is 2.45. The van der Waals surface area contributed by atoms with Gasteiger partial charge in [-0.1, -0.05) is 25.3 Å². The lowest BCUT2D eigenvalue weighted by Gasteiger charge is -2.25. The van der Waals surface area contributed by atoms with Gasteiger partial charge in [-0.3, -0.25) is 0 Å². The molecule has 1 aromatic carbocycles. The molecule has 4 nitrogen and oxygen atoms in total. The first kappa shape index (κ1) is 16.6. The molecule has 0 bridgehead atoms. The van der Waals surface area contributed by atoms with E-state index in [4.69, 9.17) is 16.3 Å². The molecule has 1 saturated heterocycles. The third-order valence-electron chi connectivity index (χ3n) is 3.82. The van der Waals surface area contributed by atoms with E-state index in [-0.39, 0.29) is 10.8 Å². The highest BCUT2D eigenvalue weighted by molar-refractivity contribution is 7.89. The van der Waals surface area contributed by atoms with Gasteiger partial charge in [-0.25, -0.2) is 8.42 Å². The summed E-state index contributed by atoms with van der Waals surface area (Å²) in [7, 11) is -2.04. The first-order valence-corrected chi connectivity index (χ1v) is 9.30. The van der Waals surface area contributed by atoms with E-state index in [1.54, 1.807) is 22.5 Å². The van der Waals surface area contributed by atoms with E-state index in [0.29, 0.717) is 18.8 Å². The molecule has 1 heterocycles. The van der Waals surface area contributed by atoms with Crippen LogP contribution in [0.5, 0.6) is 5.75 Å². The second-order valence-corrected chi connectivity index (χ2v) is 7.46. The van der Waals surface area contributed by atoms with E-state index in [2.05, 4.69) is 0 Å². The third-order valence-corrected chi connectivity index (χ3v) is 6.04. The molecule has 0 spiro atoms. The van der Waals surface area contributed by atoms with Crippen LogP contribution in [0.4, 0.5) is 0 Å². The van der Waals surface area contributed by atoms with Crippen LogP contribution >= 0.6 is 11.6 Å². The van der Waals surface area contributed by atoms with E-state index in [1.807, 2.05) is 0 Å². The SMILES string of the molecule is COc1ccc(CCl)cc1S(=O)(=O)N1CCCCCCC1. The van der Waals surface area contributed by atoms with Crippen molar-refractivity contribution in [2.75, 3.05) is 20.2 Å². The number of nitrogens with zero attached hydrogens (tertiary/aromatic N) is 1. The highest BCUT2D eigenvalue weighted by atomic mass is 35.5. The Morgan fingerprint density at radius 2 is 1.76 bits per heavy atom. The molecule has 0 amide bonds. The van der Waals surface area contributed by atoms with Crippen LogP contribution in [0.2, 0.25) is 0 Å². The van der Waals surface area contributed by atoms with E-state index in [1.165, 1.54) is 13.5 Å². The summed E-state index contributed by atoms with van der Waals surface area (Å²) in [4.78, 5) is 0.226. The minimum Gasteiger partial charge on any atom is -0.495 e. The zero-order valence-corrected chi connectivity index (χ0v) is 13.9. The second kappa shape index (κ2) is 7.47. The molecule has 1 aromatic rings. The topological polar surface area (TPSA) is 46.6 Å². The van der Waals surface area contributed by atoms with Crippen molar-refractivity contribution in [3.63, 3.8) is 0 Å². The average molecular weight is 332 g/mol. The fourth-order valence-electron chi connectivity index (χ4n) is 2.60. The van der Waals surface area contributed by atoms with Crippen molar-refractivity contribution in [3.05, 3.63) is 23.8 Å². The number of halogens is 1. The van der Waals surface area contributed by atoms with E-state index >= 15 is 0 Å². The predicted molar refractivity (Wildman–Crippen MR) is 84.4 cm³/mol. The van der Waals surface area contributed by atoms with Crippen LogP contribution in [0.1, 0.15) is 37.7 Å². The fraction of sp³-hybridized carbons (Fsp3) is 0.600. The molecule has 0 saturated carbocycles. The Kier molecular flexibility index (Phi) is 5.90. The Labute approximate surface area is 132 Å². The van der Waals surface area contributed by atoms with Crippen LogP contribution in [-0.2, 0) is 15.9 Å². The molecule has 0 unspecified atom stereocenters. The number of alkyl halides is 1. The molecule has 0 atom stereocenters. The molecule has 1 aliphatic rings. The van der Waals surface area contributed by atoms with Gasteiger partial charge in [0.15, 0.2) is 0 Å². The number of ether oxygens (including phenoxy) is 1. The molecule has 1 fully saturated rings. The van der Waals surface area contributed by atoms with Crippen molar-refractivity contribution < 1.29 is 13.2 Å². The van der Waals surface area contributed by atoms with Crippen LogP contribution < -0.4 is 4.74 Å². The van der Waals surface area contributed by atoms with Gasteiger partial charge in [-0.15, -0.1) is 11.6 Å². The standard InChI is InChI=1S/C15H22ClNO3S/c1-20-14-8-7-13(12-16)11-15(14)21(18,19)17-9-5-3-2-4-6-10-17/h7-8,11H,2-6,9-10,12H2,1H3. The zero-order chi connectivity index (χ0) is 15.3. The zero-order valence-electron chi connectivity index (χ0n) is 12.3. The minimum absolute atomic E-state index is 0.226. The number of rotatable bonds is 4. The number of hydrogen-bond donors (Lipinski definition) is 0. The summed E-state index contributed by atoms with van der Waals surface area (Å²) in [6.45, 7) is 1.16. The Bertz CT molecular complexity index is 566. The van der Waals surface area contributed by atoms with E-state index in [9.17, 15) is 8.42 Å². The van der Waals surface area contributed by atoms with Gasteiger partial charge < -0.3 is 4.74 Å². The van der Waals surface area contributed by atoms with Crippen molar-refractivity contribution in [1.29, 1.82) is 0 Å². The molecule has 118 valence electrons. The fourth-order valence-corrected chi connectivity index (χ4v) is 4.49. The van der Waals surface area contributed by atoms with Gasteiger partial charge in [0.1, 0.15) is 10.6 Å². The Balaban J connectivity index is 2.36. The largest absolute Gasteiger partial charge is 0.495 e. The Hall–Kier alpha value is -0.780. The number of methoxy groups -OCH3 is 1. The Morgan fingerprint density at radius 1 is 1.14 bits per heavy atom. The third kappa shape index (κ3) is 3.90. The highest BCUT2D eigenvalue weighted by Gasteiger charge is 2.28. The summed E-state index contributed by atoms with van der Waals surface area (Å²) in [5.41, 5.74) is 0.781. The summed E-state index contributed by atoms with van der Waals surface area (Å²) in [5, 5.41) is 0. The monoisotopic (exact) mass is 331 g/mol. The summed E-state index contributed by atoms with van der Waals surface area (Å²) in [5.74, 6) is 0.665. The van der Waals surface area contributed by atoms with Crippen LogP contribution in [0.3, 0.4) is 0 Å². The summed E-state index contributed by atoms with van der Waals surface area (Å²) in [6.07, 6.45) is 5.20. The van der Waals surface area contributed by atoms with Gasteiger partial charge >= 0.3 is 0 Å². The van der Waals surface area contributed by atoms with Gasteiger partial charge in [0.25, 0.3) is 0 Å². The van der Waals surface area contributed by atoms with Crippen LogP contribution in [0.25, 0.3) is 0 Å². The first-order valence-electron chi connectivity index (χ1n) is 7.32.